The van der Waals surface area contributed by atoms with Crippen LogP contribution in [0.15, 0.2) is 0 Å². The second-order valence-corrected chi connectivity index (χ2v) is 3.56. The molecular formula is C6H10BrNO2. The van der Waals surface area contributed by atoms with E-state index < -0.39 is 5.97 Å². The number of aliphatic carboxylic acids is 1. The van der Waals surface area contributed by atoms with Crippen LogP contribution >= 0.6 is 15.9 Å². The molecule has 3 nitrogen and oxygen atoms in total. The molecule has 1 rings (SSSR count). The number of carbonyl (C=O) groups is 1. The second-order valence-electron chi connectivity index (χ2n) is 2.46. The van der Waals surface area contributed by atoms with E-state index in [-0.39, 0.29) is 11.0 Å². The van der Waals surface area contributed by atoms with Crippen LogP contribution in [0.1, 0.15) is 19.3 Å². The van der Waals surface area contributed by atoms with Crippen LogP contribution in [-0.2, 0) is 4.79 Å². The lowest BCUT2D eigenvalue weighted by Gasteiger charge is -2.23. The SMILES string of the molecule is O=C(O)[C@@H]1CCCC(Br)N1. The van der Waals surface area contributed by atoms with Gasteiger partial charge in [0.25, 0.3) is 0 Å². The molecule has 0 radical (unpaired) electrons. The van der Waals surface area contributed by atoms with Gasteiger partial charge in [0.15, 0.2) is 0 Å². The van der Waals surface area contributed by atoms with Crippen LogP contribution in [0, 0.1) is 0 Å². The van der Waals surface area contributed by atoms with Crippen molar-refractivity contribution in [3.05, 3.63) is 0 Å². The minimum atomic E-state index is -0.746. The van der Waals surface area contributed by atoms with Crippen LogP contribution in [0.4, 0.5) is 0 Å². The highest BCUT2D eigenvalue weighted by Gasteiger charge is 2.23. The molecule has 58 valence electrons. The maximum Gasteiger partial charge on any atom is 0.320 e. The molecule has 0 bridgehead atoms. The Morgan fingerprint density at radius 1 is 1.60 bits per heavy atom. The molecule has 1 aliphatic heterocycles. The number of hydrogen-bond acceptors (Lipinski definition) is 2. The Balaban J connectivity index is 2.39. The van der Waals surface area contributed by atoms with Crippen molar-refractivity contribution in [2.45, 2.75) is 30.3 Å². The summed E-state index contributed by atoms with van der Waals surface area (Å²) in [6.45, 7) is 0. The molecule has 0 saturated carbocycles. The van der Waals surface area contributed by atoms with Gasteiger partial charge in [-0.1, -0.05) is 15.9 Å². The van der Waals surface area contributed by atoms with E-state index in [0.717, 1.165) is 19.3 Å². The summed E-state index contributed by atoms with van der Waals surface area (Å²) in [5, 5.41) is 11.5. The van der Waals surface area contributed by atoms with E-state index >= 15 is 0 Å². The van der Waals surface area contributed by atoms with Gasteiger partial charge in [-0.05, 0) is 19.3 Å². The van der Waals surface area contributed by atoms with E-state index in [2.05, 4.69) is 21.2 Å². The molecule has 2 atom stereocenters. The van der Waals surface area contributed by atoms with Crippen molar-refractivity contribution in [2.75, 3.05) is 0 Å². The smallest absolute Gasteiger partial charge is 0.320 e. The van der Waals surface area contributed by atoms with Crippen molar-refractivity contribution in [1.29, 1.82) is 0 Å². The summed E-state index contributed by atoms with van der Waals surface area (Å²) in [5.41, 5.74) is 0. The molecule has 4 heteroatoms. The third-order valence-electron chi connectivity index (χ3n) is 1.63. The first-order valence-electron chi connectivity index (χ1n) is 3.33. The average Bonchev–Trinajstić information content (AvgIpc) is 1.88. The lowest BCUT2D eigenvalue weighted by molar-refractivity contribution is -0.140. The first-order valence-corrected chi connectivity index (χ1v) is 4.24. The Hall–Kier alpha value is -0.0900. The van der Waals surface area contributed by atoms with Crippen molar-refractivity contribution in [3.8, 4) is 0 Å². The van der Waals surface area contributed by atoms with Gasteiger partial charge in [0.1, 0.15) is 6.04 Å². The van der Waals surface area contributed by atoms with E-state index in [4.69, 9.17) is 5.11 Å². The molecule has 1 saturated heterocycles. The summed E-state index contributed by atoms with van der Waals surface area (Å²) >= 11 is 3.32. The summed E-state index contributed by atoms with van der Waals surface area (Å²) in [5.74, 6) is -0.746. The Kier molecular flexibility index (Phi) is 2.68. The quantitative estimate of drug-likeness (QED) is 0.497. The zero-order valence-corrected chi connectivity index (χ0v) is 7.10. The summed E-state index contributed by atoms with van der Waals surface area (Å²) < 4.78 is 0. The molecule has 0 aliphatic carbocycles. The zero-order valence-electron chi connectivity index (χ0n) is 5.51. The lowest BCUT2D eigenvalue weighted by Crippen LogP contribution is -2.43. The standard InChI is InChI=1S/C6H10BrNO2/c7-5-3-1-2-4(8-5)6(9)10/h4-5,8H,1-3H2,(H,9,10)/t4-,5?/m0/s1. The summed E-state index contributed by atoms with van der Waals surface area (Å²) in [4.78, 5) is 10.6. The Bertz CT molecular complexity index is 140. The van der Waals surface area contributed by atoms with E-state index in [0.29, 0.717) is 0 Å². The van der Waals surface area contributed by atoms with Gasteiger partial charge in [-0.25, -0.2) is 0 Å². The largest absolute Gasteiger partial charge is 0.480 e. The Morgan fingerprint density at radius 3 is 2.70 bits per heavy atom. The van der Waals surface area contributed by atoms with Crippen LogP contribution in [-0.4, -0.2) is 22.1 Å². The fraction of sp³-hybridized carbons (Fsp3) is 0.833. The van der Waals surface area contributed by atoms with E-state index in [1.807, 2.05) is 0 Å². The lowest BCUT2D eigenvalue weighted by atomic mass is 10.1. The van der Waals surface area contributed by atoms with Gasteiger partial charge in [0, 0.05) is 0 Å². The van der Waals surface area contributed by atoms with Crippen molar-refractivity contribution in [2.24, 2.45) is 0 Å². The Morgan fingerprint density at radius 2 is 2.30 bits per heavy atom. The number of hydrogen-bond donors (Lipinski definition) is 2. The molecule has 2 N–H and O–H groups in total. The Labute approximate surface area is 67.9 Å². The minimum absolute atomic E-state index is 0.183. The predicted octanol–water partition coefficient (Wildman–Crippen LogP) is 0.934. The highest BCUT2D eigenvalue weighted by atomic mass is 79.9. The fourth-order valence-corrected chi connectivity index (χ4v) is 1.72. The highest BCUT2D eigenvalue weighted by molar-refractivity contribution is 9.09. The fourth-order valence-electron chi connectivity index (χ4n) is 1.08. The van der Waals surface area contributed by atoms with Crippen LogP contribution < -0.4 is 5.32 Å². The maximum atomic E-state index is 10.4. The zero-order chi connectivity index (χ0) is 7.56. The minimum Gasteiger partial charge on any atom is -0.480 e. The summed E-state index contributed by atoms with van der Waals surface area (Å²) in [6, 6.07) is -0.349. The van der Waals surface area contributed by atoms with E-state index in [1.54, 1.807) is 0 Å². The van der Waals surface area contributed by atoms with Gasteiger partial charge >= 0.3 is 5.97 Å². The molecule has 0 aromatic heterocycles. The molecule has 0 spiro atoms. The average molecular weight is 208 g/mol. The van der Waals surface area contributed by atoms with Gasteiger partial charge in [-0.15, -0.1) is 0 Å². The third kappa shape index (κ3) is 1.95. The van der Waals surface area contributed by atoms with Gasteiger partial charge in [0.2, 0.25) is 0 Å². The number of carboxylic acid groups (broad SMARTS) is 1. The topological polar surface area (TPSA) is 49.3 Å². The van der Waals surface area contributed by atoms with Crippen molar-refractivity contribution >= 4 is 21.9 Å². The molecule has 1 heterocycles. The number of nitrogens with one attached hydrogen (secondary N) is 1. The number of halogens is 1. The van der Waals surface area contributed by atoms with Crippen molar-refractivity contribution in [3.63, 3.8) is 0 Å². The van der Waals surface area contributed by atoms with Gasteiger partial charge < -0.3 is 5.11 Å². The molecule has 0 aromatic carbocycles. The van der Waals surface area contributed by atoms with Crippen LogP contribution in [0.3, 0.4) is 0 Å². The molecule has 0 aromatic rings. The summed E-state index contributed by atoms with van der Waals surface area (Å²) in [7, 11) is 0. The normalized spacial score (nSPS) is 33.7. The number of carboxylic acids is 1. The molecule has 10 heavy (non-hydrogen) atoms. The summed E-state index contributed by atoms with van der Waals surface area (Å²) in [6.07, 6.45) is 2.75. The molecule has 1 unspecified atom stereocenters. The first-order chi connectivity index (χ1) is 4.70. The molecular weight excluding hydrogens is 198 g/mol. The highest BCUT2D eigenvalue weighted by Crippen LogP contribution is 2.16. The molecule has 1 aliphatic rings. The van der Waals surface area contributed by atoms with Crippen molar-refractivity contribution < 1.29 is 9.90 Å². The third-order valence-corrected chi connectivity index (χ3v) is 2.35. The van der Waals surface area contributed by atoms with Crippen LogP contribution in [0.2, 0.25) is 0 Å². The molecule has 1 fully saturated rings. The van der Waals surface area contributed by atoms with Crippen LogP contribution in [0.25, 0.3) is 0 Å². The maximum absolute atomic E-state index is 10.4. The number of piperidine rings is 1. The number of rotatable bonds is 1. The van der Waals surface area contributed by atoms with E-state index in [9.17, 15) is 4.79 Å². The predicted molar refractivity (Wildman–Crippen MR) is 41.1 cm³/mol. The monoisotopic (exact) mass is 207 g/mol. The second kappa shape index (κ2) is 3.34. The van der Waals surface area contributed by atoms with Gasteiger partial charge in [0.05, 0.1) is 4.95 Å². The van der Waals surface area contributed by atoms with Gasteiger partial charge in [-0.3, -0.25) is 10.1 Å². The van der Waals surface area contributed by atoms with E-state index in [1.165, 1.54) is 0 Å². The van der Waals surface area contributed by atoms with Crippen LogP contribution in [0.5, 0.6) is 0 Å². The van der Waals surface area contributed by atoms with Crippen molar-refractivity contribution in [1.82, 2.24) is 5.32 Å². The number of alkyl halides is 1. The molecule has 0 amide bonds. The van der Waals surface area contributed by atoms with Gasteiger partial charge in [-0.2, -0.15) is 0 Å². The first kappa shape index (κ1) is 8.01.